The van der Waals surface area contributed by atoms with Crippen molar-refractivity contribution in [3.05, 3.63) is 94.2 Å². The Morgan fingerprint density at radius 1 is 0.969 bits per heavy atom. The summed E-state index contributed by atoms with van der Waals surface area (Å²) in [5, 5.41) is 3.99. The summed E-state index contributed by atoms with van der Waals surface area (Å²) in [6.45, 7) is 2.62. The number of Topliss-reactive ketones (excluding diaryl/α,β-unsaturated/α-hetero) is 2. The molecule has 0 N–H and O–H groups in total. The quantitative estimate of drug-likeness (QED) is 0.208. The van der Waals surface area contributed by atoms with Gasteiger partial charge in [0.15, 0.2) is 0 Å². The summed E-state index contributed by atoms with van der Waals surface area (Å²) in [6, 6.07) is 19.8. The van der Waals surface area contributed by atoms with E-state index < -0.39 is 11.7 Å². The van der Waals surface area contributed by atoms with E-state index in [1.807, 2.05) is 29.0 Å². The Labute approximate surface area is 193 Å². The third-order valence-corrected chi connectivity index (χ3v) is 6.64. The van der Waals surface area contributed by atoms with E-state index in [-0.39, 0.29) is 17.7 Å². The number of carbonyl (C=O) groups is 2. The van der Waals surface area contributed by atoms with Gasteiger partial charge in [-0.3, -0.25) is 9.59 Å². The second-order valence-corrected chi connectivity index (χ2v) is 8.87. The lowest BCUT2D eigenvalue weighted by Gasteiger charge is -2.32. The molecule has 166 valence electrons. The number of unbranched alkanes of at least 4 members (excludes halogenated alkanes) is 2. The minimum Gasteiger partial charge on any atom is -0.374 e. The lowest BCUT2D eigenvalue weighted by molar-refractivity contribution is -0.0603. The summed E-state index contributed by atoms with van der Waals surface area (Å²) in [4.78, 5) is 27.9. The number of ether oxygens (including phenoxy) is 2. The number of ketones is 2. The number of hydrogen-bond donors (Lipinski definition) is 0. The van der Waals surface area contributed by atoms with Crippen LogP contribution in [-0.2, 0) is 9.47 Å². The Morgan fingerprint density at radius 2 is 1.59 bits per heavy atom. The molecule has 1 aliphatic heterocycles. The average molecular weight is 449 g/mol. The Hall–Kier alpha value is -2.60. The third-order valence-electron chi connectivity index (χ3n) is 5.94. The molecule has 2 aromatic carbocycles. The third kappa shape index (κ3) is 4.46. The van der Waals surface area contributed by atoms with Crippen molar-refractivity contribution in [3.63, 3.8) is 0 Å². The number of carbonyl (C=O) groups excluding carboxylic acids is 2. The van der Waals surface area contributed by atoms with E-state index in [1.54, 1.807) is 59.9 Å². The minimum absolute atomic E-state index is 0.342. The van der Waals surface area contributed by atoms with Crippen LogP contribution in [0.5, 0.6) is 0 Å². The maximum absolute atomic E-state index is 14.0. The highest BCUT2D eigenvalue weighted by Gasteiger charge is 2.60. The van der Waals surface area contributed by atoms with Crippen molar-refractivity contribution in [3.8, 4) is 0 Å². The van der Waals surface area contributed by atoms with Gasteiger partial charge in [0.1, 0.15) is 6.10 Å². The highest BCUT2D eigenvalue weighted by molar-refractivity contribution is 7.07. The zero-order valence-electron chi connectivity index (χ0n) is 18.2. The fourth-order valence-corrected chi connectivity index (χ4v) is 4.95. The summed E-state index contributed by atoms with van der Waals surface area (Å²) in [5.41, 5.74) is 0.150. The Bertz CT molecular complexity index is 963. The van der Waals surface area contributed by atoms with Gasteiger partial charge in [0.2, 0.25) is 17.2 Å². The van der Waals surface area contributed by atoms with E-state index in [1.165, 1.54) is 0 Å². The molecule has 0 bridgehead atoms. The predicted molar refractivity (Wildman–Crippen MR) is 126 cm³/mol. The Kier molecular flexibility index (Phi) is 7.30. The Balaban J connectivity index is 1.78. The normalized spacial score (nSPS) is 19.7. The van der Waals surface area contributed by atoms with Crippen LogP contribution in [0, 0.1) is 0 Å². The molecule has 0 radical (unpaired) electrons. The first kappa shape index (κ1) is 22.6. The van der Waals surface area contributed by atoms with Gasteiger partial charge in [-0.2, -0.15) is 11.3 Å². The van der Waals surface area contributed by atoms with Crippen LogP contribution in [0.3, 0.4) is 0 Å². The first-order valence-electron chi connectivity index (χ1n) is 11.2. The van der Waals surface area contributed by atoms with E-state index in [9.17, 15) is 9.59 Å². The van der Waals surface area contributed by atoms with Crippen molar-refractivity contribution in [2.75, 3.05) is 6.61 Å². The molecule has 0 saturated carbocycles. The highest BCUT2D eigenvalue weighted by Crippen LogP contribution is 2.45. The summed E-state index contributed by atoms with van der Waals surface area (Å²) >= 11 is 1.57. The molecule has 0 spiro atoms. The number of rotatable bonds is 10. The minimum atomic E-state index is -1.72. The van der Waals surface area contributed by atoms with Crippen molar-refractivity contribution in [2.45, 2.75) is 50.4 Å². The molecule has 2 atom stereocenters. The van der Waals surface area contributed by atoms with Crippen LogP contribution < -0.4 is 0 Å². The molecule has 1 aromatic heterocycles. The zero-order valence-corrected chi connectivity index (χ0v) is 19.1. The van der Waals surface area contributed by atoms with E-state index in [0.717, 1.165) is 24.8 Å². The van der Waals surface area contributed by atoms with Crippen LogP contribution in [0.25, 0.3) is 0 Å². The molecule has 0 aliphatic carbocycles. The first-order chi connectivity index (χ1) is 15.7. The Morgan fingerprint density at radius 3 is 2.12 bits per heavy atom. The van der Waals surface area contributed by atoms with Crippen LogP contribution in [-0.4, -0.2) is 29.9 Å². The van der Waals surface area contributed by atoms with Crippen LogP contribution in [0.2, 0.25) is 0 Å². The smallest absolute Gasteiger partial charge is 0.220 e. The topological polar surface area (TPSA) is 52.6 Å². The monoisotopic (exact) mass is 448 g/mol. The predicted octanol–water partition coefficient (Wildman–Crippen LogP) is 6.29. The molecule has 4 rings (SSSR count). The number of hydrogen-bond acceptors (Lipinski definition) is 5. The van der Waals surface area contributed by atoms with E-state index >= 15 is 0 Å². The fraction of sp³-hybridized carbons (Fsp3) is 0.333. The van der Waals surface area contributed by atoms with E-state index in [0.29, 0.717) is 24.2 Å². The van der Waals surface area contributed by atoms with Crippen LogP contribution in [0.15, 0.2) is 77.5 Å². The van der Waals surface area contributed by atoms with Crippen molar-refractivity contribution >= 4 is 22.9 Å². The van der Waals surface area contributed by atoms with Gasteiger partial charge in [-0.15, -0.1) is 0 Å². The fourth-order valence-electron chi connectivity index (χ4n) is 4.24. The van der Waals surface area contributed by atoms with Gasteiger partial charge in [0, 0.05) is 24.2 Å². The van der Waals surface area contributed by atoms with E-state index in [2.05, 4.69) is 6.92 Å². The molecule has 1 saturated heterocycles. The second-order valence-electron chi connectivity index (χ2n) is 8.09. The molecule has 0 unspecified atom stereocenters. The zero-order chi connectivity index (χ0) is 22.4. The van der Waals surface area contributed by atoms with Crippen molar-refractivity contribution < 1.29 is 19.1 Å². The van der Waals surface area contributed by atoms with Gasteiger partial charge in [-0.25, -0.2) is 0 Å². The summed E-state index contributed by atoms with van der Waals surface area (Å²) in [7, 11) is 0. The lowest BCUT2D eigenvalue weighted by atomic mass is 9.81. The molecule has 1 fully saturated rings. The number of thiophene rings is 1. The summed E-state index contributed by atoms with van der Waals surface area (Å²) in [5.74, 6) is -0.685. The molecule has 5 heteroatoms. The molecular weight excluding hydrogens is 420 g/mol. The molecule has 1 aliphatic rings. The molecule has 2 heterocycles. The number of benzene rings is 2. The molecular formula is C27H28O4S. The molecule has 3 aromatic rings. The van der Waals surface area contributed by atoms with Crippen LogP contribution in [0.4, 0.5) is 0 Å². The molecule has 32 heavy (non-hydrogen) atoms. The summed E-state index contributed by atoms with van der Waals surface area (Å²) < 4.78 is 12.7. The van der Waals surface area contributed by atoms with Crippen molar-refractivity contribution in [1.29, 1.82) is 0 Å². The first-order valence-corrected chi connectivity index (χ1v) is 12.1. The average Bonchev–Trinajstić information content (AvgIpc) is 3.51. The maximum atomic E-state index is 14.0. The summed E-state index contributed by atoms with van der Waals surface area (Å²) in [6.07, 6.45) is 2.40. The molecule has 0 amide bonds. The largest absolute Gasteiger partial charge is 0.374 e. The van der Waals surface area contributed by atoms with Crippen LogP contribution >= 0.6 is 11.3 Å². The molecule has 4 nitrogen and oxygen atoms in total. The van der Waals surface area contributed by atoms with Gasteiger partial charge in [0.05, 0.1) is 6.10 Å². The van der Waals surface area contributed by atoms with Crippen molar-refractivity contribution in [1.82, 2.24) is 0 Å². The highest BCUT2D eigenvalue weighted by atomic mass is 32.1. The van der Waals surface area contributed by atoms with Crippen molar-refractivity contribution in [2.24, 2.45) is 0 Å². The van der Waals surface area contributed by atoms with Gasteiger partial charge in [0.25, 0.3) is 0 Å². The van der Waals surface area contributed by atoms with Gasteiger partial charge < -0.3 is 9.47 Å². The maximum Gasteiger partial charge on any atom is 0.220 e. The SMILES string of the molecule is CCCCCO[C@@H]1C[C@H](c2ccsc2)OC1(C(=O)c1ccccc1)C(=O)c1ccccc1. The van der Waals surface area contributed by atoms with Gasteiger partial charge in [-0.1, -0.05) is 80.4 Å². The van der Waals surface area contributed by atoms with Gasteiger partial charge >= 0.3 is 0 Å². The standard InChI is InChI=1S/C27H28O4S/c1-2-3-10-16-30-24-18-23(22-15-17-32-19-22)31-27(24,25(28)20-11-6-4-7-12-20)26(29)21-13-8-5-9-14-21/h4-9,11-15,17,19,23-24H,2-3,10,16,18H2,1H3/t23-,24-/m1/s1. The lowest BCUT2D eigenvalue weighted by Crippen LogP contribution is -2.55. The van der Waals surface area contributed by atoms with E-state index in [4.69, 9.17) is 9.47 Å². The van der Waals surface area contributed by atoms with Gasteiger partial charge in [-0.05, 0) is 28.8 Å². The second kappa shape index (κ2) is 10.3. The van der Waals surface area contributed by atoms with Crippen LogP contribution in [0.1, 0.15) is 65.0 Å².